The molecular formula is C12H22N4O5. The van der Waals surface area contributed by atoms with E-state index in [9.17, 15) is 14.4 Å². The van der Waals surface area contributed by atoms with Gasteiger partial charge in [0.15, 0.2) is 0 Å². The van der Waals surface area contributed by atoms with E-state index in [2.05, 4.69) is 5.32 Å². The quantitative estimate of drug-likeness (QED) is 0.449. The number of primary amides is 1. The number of carboxylic acids is 1. The Morgan fingerprint density at radius 3 is 2.48 bits per heavy atom. The molecule has 21 heavy (non-hydrogen) atoms. The molecule has 1 aliphatic heterocycles. The molecule has 0 aromatic heterocycles. The zero-order chi connectivity index (χ0) is 15.8. The van der Waals surface area contributed by atoms with Crippen molar-refractivity contribution >= 4 is 17.9 Å². The number of carbonyl (C=O) groups is 3. The summed E-state index contributed by atoms with van der Waals surface area (Å²) in [6.45, 7) is 2.93. The zero-order valence-corrected chi connectivity index (χ0v) is 11.8. The van der Waals surface area contributed by atoms with Crippen molar-refractivity contribution in [3.63, 3.8) is 0 Å². The van der Waals surface area contributed by atoms with Crippen LogP contribution in [-0.4, -0.2) is 83.3 Å². The Bertz CT molecular complexity index is 390. The van der Waals surface area contributed by atoms with Gasteiger partial charge in [0.05, 0.1) is 13.0 Å². The van der Waals surface area contributed by atoms with E-state index < -0.39 is 30.4 Å². The van der Waals surface area contributed by atoms with Gasteiger partial charge < -0.3 is 26.2 Å². The predicted octanol–water partition coefficient (Wildman–Crippen LogP) is -1.98. The van der Waals surface area contributed by atoms with Crippen molar-refractivity contribution in [1.29, 1.82) is 0 Å². The van der Waals surface area contributed by atoms with E-state index in [1.165, 1.54) is 4.90 Å². The lowest BCUT2D eigenvalue weighted by Crippen LogP contribution is -2.50. The molecule has 0 radical (unpaired) electrons. The molecule has 120 valence electrons. The van der Waals surface area contributed by atoms with Crippen LogP contribution in [0.3, 0.4) is 0 Å². The van der Waals surface area contributed by atoms with Gasteiger partial charge in [0.2, 0.25) is 5.91 Å². The fourth-order valence-electron chi connectivity index (χ4n) is 2.18. The van der Waals surface area contributed by atoms with Gasteiger partial charge in [-0.2, -0.15) is 0 Å². The van der Waals surface area contributed by atoms with Gasteiger partial charge in [-0.3, -0.25) is 9.69 Å². The summed E-state index contributed by atoms with van der Waals surface area (Å²) in [7, 11) is 0. The first-order chi connectivity index (χ1) is 9.93. The number of nitrogens with zero attached hydrogens (tertiary/aromatic N) is 2. The summed E-state index contributed by atoms with van der Waals surface area (Å²) in [6, 6.07) is -1.83. The number of aliphatic hydroxyl groups excluding tert-OH is 1. The normalized spacial score (nSPS) is 17.9. The third-order valence-electron chi connectivity index (χ3n) is 3.29. The number of aliphatic hydroxyl groups is 1. The highest BCUT2D eigenvalue weighted by atomic mass is 16.4. The molecule has 1 aliphatic rings. The highest BCUT2D eigenvalue weighted by molar-refractivity contribution is 5.87. The fourth-order valence-corrected chi connectivity index (χ4v) is 2.18. The first kappa shape index (κ1) is 17.2. The van der Waals surface area contributed by atoms with Crippen molar-refractivity contribution in [1.82, 2.24) is 15.1 Å². The molecule has 0 bridgehead atoms. The SMILES string of the molecule is NC(=O)C[C@@H](NC(=O)N1CCCN(CCO)CC1)C(=O)O. The van der Waals surface area contributed by atoms with E-state index in [-0.39, 0.29) is 6.61 Å². The van der Waals surface area contributed by atoms with E-state index in [0.717, 1.165) is 13.0 Å². The Morgan fingerprint density at radius 1 is 1.19 bits per heavy atom. The number of carboxylic acid groups (broad SMARTS) is 1. The highest BCUT2D eigenvalue weighted by Gasteiger charge is 2.26. The van der Waals surface area contributed by atoms with Gasteiger partial charge in [0.25, 0.3) is 0 Å². The van der Waals surface area contributed by atoms with Crippen molar-refractivity contribution < 1.29 is 24.6 Å². The standard InChI is InChI=1S/C12H22N4O5/c13-10(18)8-9(11(19)20)14-12(21)16-3-1-2-15(4-5-16)6-7-17/h9,17H,1-8H2,(H2,13,18)(H,14,21)(H,19,20)/t9-/m1/s1. The zero-order valence-electron chi connectivity index (χ0n) is 11.8. The summed E-state index contributed by atoms with van der Waals surface area (Å²) in [4.78, 5) is 37.4. The van der Waals surface area contributed by atoms with Gasteiger partial charge in [-0.25, -0.2) is 9.59 Å². The molecule has 0 saturated carbocycles. The largest absolute Gasteiger partial charge is 0.480 e. The van der Waals surface area contributed by atoms with Crippen molar-refractivity contribution in [3.05, 3.63) is 0 Å². The Hall–Kier alpha value is -1.87. The van der Waals surface area contributed by atoms with Crippen molar-refractivity contribution in [2.24, 2.45) is 5.73 Å². The average Bonchev–Trinajstić information content (AvgIpc) is 2.63. The molecule has 5 N–H and O–H groups in total. The number of hydrogen-bond acceptors (Lipinski definition) is 5. The number of rotatable bonds is 6. The van der Waals surface area contributed by atoms with E-state index >= 15 is 0 Å². The molecule has 0 aromatic carbocycles. The third-order valence-corrected chi connectivity index (χ3v) is 3.29. The van der Waals surface area contributed by atoms with Crippen LogP contribution >= 0.6 is 0 Å². The number of urea groups is 1. The minimum absolute atomic E-state index is 0.0614. The summed E-state index contributed by atoms with van der Waals surface area (Å²) >= 11 is 0. The first-order valence-corrected chi connectivity index (χ1v) is 6.83. The molecule has 0 unspecified atom stereocenters. The van der Waals surface area contributed by atoms with Crippen molar-refractivity contribution in [3.8, 4) is 0 Å². The Balaban J connectivity index is 2.53. The number of aliphatic carboxylic acids is 1. The molecule has 1 atom stereocenters. The molecule has 1 rings (SSSR count). The van der Waals surface area contributed by atoms with Crippen LogP contribution in [0, 0.1) is 0 Å². The minimum Gasteiger partial charge on any atom is -0.480 e. The lowest BCUT2D eigenvalue weighted by molar-refractivity contribution is -0.140. The van der Waals surface area contributed by atoms with Gasteiger partial charge in [0.1, 0.15) is 6.04 Å². The lowest BCUT2D eigenvalue weighted by Gasteiger charge is -2.23. The van der Waals surface area contributed by atoms with Crippen molar-refractivity contribution in [2.75, 3.05) is 39.3 Å². The maximum Gasteiger partial charge on any atom is 0.326 e. The molecule has 0 spiro atoms. The first-order valence-electron chi connectivity index (χ1n) is 6.83. The summed E-state index contributed by atoms with van der Waals surface area (Å²) in [5, 5.41) is 20.2. The monoisotopic (exact) mass is 302 g/mol. The van der Waals surface area contributed by atoms with Crippen LogP contribution in [0.2, 0.25) is 0 Å². The van der Waals surface area contributed by atoms with Crippen LogP contribution in [0.15, 0.2) is 0 Å². The van der Waals surface area contributed by atoms with Crippen molar-refractivity contribution in [2.45, 2.75) is 18.9 Å². The maximum atomic E-state index is 12.0. The summed E-state index contributed by atoms with van der Waals surface area (Å²) in [5.74, 6) is -2.08. The second-order valence-corrected chi connectivity index (χ2v) is 4.92. The molecule has 9 heteroatoms. The topological polar surface area (TPSA) is 136 Å². The van der Waals surface area contributed by atoms with Crippen LogP contribution in [-0.2, 0) is 9.59 Å². The van der Waals surface area contributed by atoms with E-state index in [1.807, 2.05) is 4.90 Å². The van der Waals surface area contributed by atoms with Crippen LogP contribution in [0.1, 0.15) is 12.8 Å². The van der Waals surface area contributed by atoms with Crippen LogP contribution in [0.5, 0.6) is 0 Å². The minimum atomic E-state index is -1.31. The number of hydrogen-bond donors (Lipinski definition) is 4. The lowest BCUT2D eigenvalue weighted by atomic mass is 10.2. The molecular weight excluding hydrogens is 280 g/mol. The Labute approximate surface area is 122 Å². The van der Waals surface area contributed by atoms with E-state index in [1.54, 1.807) is 0 Å². The van der Waals surface area contributed by atoms with E-state index in [0.29, 0.717) is 26.2 Å². The summed E-state index contributed by atoms with van der Waals surface area (Å²) < 4.78 is 0. The maximum absolute atomic E-state index is 12.0. The Morgan fingerprint density at radius 2 is 1.90 bits per heavy atom. The number of nitrogens with two attached hydrogens (primary N) is 1. The molecule has 9 nitrogen and oxygen atoms in total. The van der Waals surface area contributed by atoms with Gasteiger partial charge in [-0.1, -0.05) is 0 Å². The summed E-state index contributed by atoms with van der Waals surface area (Å²) in [6.07, 6.45) is 0.298. The fraction of sp³-hybridized carbons (Fsp3) is 0.750. The van der Waals surface area contributed by atoms with E-state index in [4.69, 9.17) is 15.9 Å². The average molecular weight is 302 g/mol. The molecule has 0 aliphatic carbocycles. The second-order valence-electron chi connectivity index (χ2n) is 4.92. The molecule has 1 heterocycles. The number of amides is 3. The molecule has 0 aromatic rings. The smallest absolute Gasteiger partial charge is 0.326 e. The second kappa shape index (κ2) is 8.42. The van der Waals surface area contributed by atoms with Crippen LogP contribution < -0.4 is 11.1 Å². The number of β-amino-alcohol motifs (C(OH)–C–C–N with tert-alkyl or cyclic N) is 1. The van der Waals surface area contributed by atoms with Gasteiger partial charge >= 0.3 is 12.0 Å². The van der Waals surface area contributed by atoms with Gasteiger partial charge in [-0.15, -0.1) is 0 Å². The number of nitrogens with one attached hydrogen (secondary N) is 1. The highest BCUT2D eigenvalue weighted by Crippen LogP contribution is 2.04. The predicted molar refractivity (Wildman–Crippen MR) is 73.5 cm³/mol. The van der Waals surface area contributed by atoms with Gasteiger partial charge in [0, 0.05) is 26.2 Å². The molecule has 3 amide bonds. The van der Waals surface area contributed by atoms with Gasteiger partial charge in [-0.05, 0) is 13.0 Å². The van der Waals surface area contributed by atoms with Crippen LogP contribution in [0.4, 0.5) is 4.79 Å². The van der Waals surface area contributed by atoms with Crippen LogP contribution in [0.25, 0.3) is 0 Å². The third kappa shape index (κ3) is 5.96. The number of carbonyl (C=O) groups excluding carboxylic acids is 2. The Kier molecular flexibility index (Phi) is 6.89. The summed E-state index contributed by atoms with van der Waals surface area (Å²) in [5.41, 5.74) is 4.96. The molecule has 1 saturated heterocycles. The molecule has 1 fully saturated rings.